The molecule has 0 N–H and O–H groups in total. The van der Waals surface area contributed by atoms with Gasteiger partial charge in [0.2, 0.25) is 0 Å². The van der Waals surface area contributed by atoms with Crippen molar-refractivity contribution in [2.75, 3.05) is 7.11 Å². The molecule has 0 fully saturated rings. The summed E-state index contributed by atoms with van der Waals surface area (Å²) in [6.07, 6.45) is 0. The van der Waals surface area contributed by atoms with Crippen LogP contribution in [-0.4, -0.2) is 7.11 Å². The molecule has 0 bridgehead atoms. The van der Waals surface area contributed by atoms with Gasteiger partial charge >= 0.3 is 89.4 Å². The first kappa shape index (κ1) is 10.4. The first-order chi connectivity index (χ1) is 6.27. The predicted octanol–water partition coefficient (Wildman–Crippen LogP) is -0.470. The molecule has 0 saturated heterocycles. The van der Waals surface area contributed by atoms with Crippen LogP contribution in [0.3, 0.4) is 0 Å². The van der Waals surface area contributed by atoms with Crippen LogP contribution in [0.5, 0.6) is 11.5 Å². The van der Waals surface area contributed by atoms with E-state index < -0.39 is 0 Å². The fraction of sp³-hybridized carbons (Fsp3) is 0.200. The zero-order chi connectivity index (χ0) is 9.68. The summed E-state index contributed by atoms with van der Waals surface area (Å²) in [5.74, 6) is 1.79. The summed E-state index contributed by atoms with van der Waals surface area (Å²) in [7, 11) is 1.66. The predicted molar refractivity (Wildman–Crippen MR) is 48.6 cm³/mol. The molecule has 2 nitrogen and oxygen atoms in total. The van der Waals surface area contributed by atoms with Crippen LogP contribution < -0.4 is 29.4 Å². The number of benzene rings is 1. The summed E-state index contributed by atoms with van der Waals surface area (Å²) in [4.78, 5) is 0. The van der Waals surface area contributed by atoms with Crippen LogP contribution in [0.1, 0.15) is 5.56 Å². The molecule has 72 valence electrons. The van der Waals surface area contributed by atoms with Crippen LogP contribution in [0.2, 0.25) is 0 Å². The minimum absolute atomic E-state index is 0.359. The molecule has 0 aliphatic rings. The zero-order valence-electron chi connectivity index (χ0n) is 7.71. The zero-order valence-corrected chi connectivity index (χ0v) is 9.87. The second-order valence-electron chi connectivity index (χ2n) is 2.45. The van der Waals surface area contributed by atoms with Gasteiger partial charge in [-0.2, -0.15) is 0 Å². The van der Waals surface area contributed by atoms with E-state index in [9.17, 15) is 0 Å². The summed E-state index contributed by atoms with van der Waals surface area (Å²) >= 11 is -0.359. The SMILES string of the molecule is C=C[I-]Oc1ccc(OC)cc1C. The van der Waals surface area contributed by atoms with E-state index in [0.29, 0.717) is 0 Å². The van der Waals surface area contributed by atoms with Crippen LogP contribution in [0.4, 0.5) is 0 Å². The van der Waals surface area contributed by atoms with Crippen molar-refractivity contribution in [3.63, 3.8) is 0 Å². The van der Waals surface area contributed by atoms with Crippen LogP contribution in [0.25, 0.3) is 0 Å². The Balaban J connectivity index is 2.78. The molecule has 0 amide bonds. The third kappa shape index (κ3) is 2.91. The molecule has 0 spiro atoms. The van der Waals surface area contributed by atoms with Crippen LogP contribution >= 0.6 is 0 Å². The molecule has 0 unspecified atom stereocenters. The van der Waals surface area contributed by atoms with Crippen molar-refractivity contribution in [2.45, 2.75) is 6.92 Å². The molecule has 3 heteroatoms. The Labute approximate surface area is 89.4 Å². The van der Waals surface area contributed by atoms with Crippen molar-refractivity contribution in [1.82, 2.24) is 0 Å². The van der Waals surface area contributed by atoms with E-state index in [1.165, 1.54) is 0 Å². The van der Waals surface area contributed by atoms with Crippen molar-refractivity contribution in [2.24, 2.45) is 0 Å². The molecule has 0 heterocycles. The number of ether oxygens (including phenoxy) is 1. The van der Waals surface area contributed by atoms with Crippen molar-refractivity contribution in [1.29, 1.82) is 0 Å². The third-order valence-corrected chi connectivity index (χ3v) is 2.66. The van der Waals surface area contributed by atoms with E-state index in [2.05, 4.69) is 6.58 Å². The van der Waals surface area contributed by atoms with E-state index >= 15 is 0 Å². The van der Waals surface area contributed by atoms with E-state index in [1.807, 2.05) is 29.2 Å². The topological polar surface area (TPSA) is 18.5 Å². The van der Waals surface area contributed by atoms with Crippen molar-refractivity contribution >= 4 is 0 Å². The number of methoxy groups -OCH3 is 1. The van der Waals surface area contributed by atoms with E-state index in [1.54, 1.807) is 7.11 Å². The first-order valence-corrected chi connectivity index (χ1v) is 5.96. The number of hydrogen-bond acceptors (Lipinski definition) is 2. The molecule has 0 aromatic heterocycles. The Hall–Kier alpha value is -0.710. The summed E-state index contributed by atoms with van der Waals surface area (Å²) in [6.45, 7) is 5.64. The Morgan fingerprint density at radius 2 is 2.23 bits per heavy atom. The van der Waals surface area contributed by atoms with Gasteiger partial charge < -0.3 is 0 Å². The second-order valence-corrected chi connectivity index (χ2v) is 4.28. The summed E-state index contributed by atoms with van der Waals surface area (Å²) in [5, 5.41) is 0. The van der Waals surface area contributed by atoms with Crippen molar-refractivity contribution in [3.05, 3.63) is 34.4 Å². The molecule has 0 saturated carbocycles. The maximum atomic E-state index is 5.52. The number of halogens is 1. The second kappa shape index (κ2) is 5.11. The van der Waals surface area contributed by atoms with Crippen LogP contribution in [0.15, 0.2) is 28.9 Å². The van der Waals surface area contributed by atoms with Crippen molar-refractivity contribution in [3.8, 4) is 11.5 Å². The van der Waals surface area contributed by atoms with Gasteiger partial charge in [-0.3, -0.25) is 0 Å². The number of aryl methyl sites for hydroxylation is 1. The van der Waals surface area contributed by atoms with Crippen LogP contribution in [-0.2, 0) is 0 Å². The Morgan fingerprint density at radius 3 is 2.77 bits per heavy atom. The molecular formula is C10H12IO2-. The number of hydrogen-bond donors (Lipinski definition) is 0. The van der Waals surface area contributed by atoms with Crippen LogP contribution in [0, 0.1) is 6.92 Å². The molecule has 0 aliphatic heterocycles. The van der Waals surface area contributed by atoms with E-state index in [-0.39, 0.29) is 21.6 Å². The average Bonchev–Trinajstić information content (AvgIpc) is 2.16. The molecule has 0 atom stereocenters. The standard InChI is InChI=1S/C10H12IO2/c1-4-11-13-10-6-5-9(12-3)7-8(10)2/h4-7H,1H2,2-3H3/q-1. The molecule has 0 radical (unpaired) electrons. The van der Waals surface area contributed by atoms with Gasteiger partial charge in [0.05, 0.1) is 0 Å². The molecule has 1 aromatic rings. The van der Waals surface area contributed by atoms with Gasteiger partial charge in [-0.25, -0.2) is 0 Å². The van der Waals surface area contributed by atoms with Gasteiger partial charge in [0, 0.05) is 0 Å². The summed E-state index contributed by atoms with van der Waals surface area (Å²) in [5.41, 5.74) is 1.10. The Kier molecular flexibility index (Phi) is 4.08. The average molecular weight is 291 g/mol. The van der Waals surface area contributed by atoms with Gasteiger partial charge in [-0.1, -0.05) is 0 Å². The monoisotopic (exact) mass is 291 g/mol. The fourth-order valence-corrected chi connectivity index (χ4v) is 1.86. The van der Waals surface area contributed by atoms with Gasteiger partial charge in [0.25, 0.3) is 0 Å². The van der Waals surface area contributed by atoms with Gasteiger partial charge in [-0.15, -0.1) is 0 Å². The molecule has 13 heavy (non-hydrogen) atoms. The third-order valence-electron chi connectivity index (χ3n) is 1.57. The normalized spacial score (nSPS) is 9.69. The quantitative estimate of drug-likeness (QED) is 0.698. The van der Waals surface area contributed by atoms with Gasteiger partial charge in [0.15, 0.2) is 0 Å². The molecule has 0 aliphatic carbocycles. The van der Waals surface area contributed by atoms with E-state index in [4.69, 9.17) is 7.80 Å². The van der Waals surface area contributed by atoms with Gasteiger partial charge in [0.1, 0.15) is 0 Å². The fourth-order valence-electron chi connectivity index (χ4n) is 0.915. The summed E-state index contributed by atoms with van der Waals surface area (Å²) in [6, 6.07) is 5.79. The maximum absolute atomic E-state index is 5.52. The van der Waals surface area contributed by atoms with E-state index in [0.717, 1.165) is 17.1 Å². The Bertz CT molecular complexity index is 297. The summed E-state index contributed by atoms with van der Waals surface area (Å²) < 4.78 is 12.4. The minimum atomic E-state index is -0.359. The van der Waals surface area contributed by atoms with Gasteiger partial charge in [-0.05, 0) is 0 Å². The molecule has 1 rings (SSSR count). The van der Waals surface area contributed by atoms with Crippen molar-refractivity contribution < 1.29 is 29.4 Å². The molecule has 1 aromatic carbocycles. The first-order valence-electron chi connectivity index (χ1n) is 3.84. The number of rotatable bonds is 4. The Morgan fingerprint density at radius 1 is 1.46 bits per heavy atom. The molecular weight excluding hydrogens is 279 g/mol.